The van der Waals surface area contributed by atoms with Crippen molar-refractivity contribution in [2.75, 3.05) is 24.2 Å². The van der Waals surface area contributed by atoms with Crippen molar-refractivity contribution in [3.63, 3.8) is 0 Å². The Labute approximate surface area is 228 Å². The number of anilines is 1. The van der Waals surface area contributed by atoms with Gasteiger partial charge >= 0.3 is 0 Å². The maximum atomic E-state index is 14.2. The predicted molar refractivity (Wildman–Crippen MR) is 141 cm³/mol. The number of halogens is 3. The quantitative estimate of drug-likeness (QED) is 0.318. The van der Waals surface area contributed by atoms with E-state index in [9.17, 15) is 26.4 Å². The molecule has 2 atom stereocenters. The topological polar surface area (TPSA) is 102 Å². The van der Waals surface area contributed by atoms with E-state index in [4.69, 9.17) is 9.51 Å². The fourth-order valence-corrected chi connectivity index (χ4v) is 6.82. The summed E-state index contributed by atoms with van der Waals surface area (Å²) >= 11 is 0. The van der Waals surface area contributed by atoms with E-state index in [0.29, 0.717) is 42.2 Å². The molecular formula is C27H26F3N5O4S. The van der Waals surface area contributed by atoms with Crippen molar-refractivity contribution in [2.24, 2.45) is 0 Å². The molecule has 2 fully saturated rings. The summed E-state index contributed by atoms with van der Waals surface area (Å²) in [6.07, 6.45) is 2.08. The van der Waals surface area contributed by atoms with Gasteiger partial charge in [-0.2, -0.15) is 0 Å². The molecule has 0 aliphatic carbocycles. The molecule has 0 spiro atoms. The SMILES string of the molecule is Cc1noc(C)c1-c1ccc2c(c1)nc(C1CCC(=O)N1c1cc(F)c(F)c(F)c1)n2C1CCN(S(C)(=O)=O)C1. The molecule has 2 aromatic heterocycles. The third-order valence-corrected chi connectivity index (χ3v) is 9.03. The molecule has 0 saturated carbocycles. The Morgan fingerprint density at radius 3 is 2.40 bits per heavy atom. The van der Waals surface area contributed by atoms with E-state index in [1.54, 1.807) is 0 Å². The highest BCUT2D eigenvalue weighted by molar-refractivity contribution is 7.88. The maximum absolute atomic E-state index is 14.2. The Bertz CT molecular complexity index is 1740. The molecule has 4 heterocycles. The van der Waals surface area contributed by atoms with Gasteiger partial charge in [0.05, 0.1) is 40.8 Å². The Balaban J connectivity index is 1.52. The number of fused-ring (bicyclic) bond motifs is 1. The van der Waals surface area contributed by atoms with Gasteiger partial charge in [0.1, 0.15) is 11.6 Å². The minimum absolute atomic E-state index is 0.0962. The van der Waals surface area contributed by atoms with Crippen molar-refractivity contribution >= 4 is 32.7 Å². The minimum atomic E-state index is -3.43. The van der Waals surface area contributed by atoms with Crippen LogP contribution in [0, 0.1) is 31.3 Å². The van der Waals surface area contributed by atoms with Crippen LogP contribution < -0.4 is 4.90 Å². The van der Waals surface area contributed by atoms with E-state index in [1.165, 1.54) is 9.21 Å². The number of hydrogen-bond donors (Lipinski definition) is 0. The van der Waals surface area contributed by atoms with Crippen LogP contribution in [0.2, 0.25) is 0 Å². The largest absolute Gasteiger partial charge is 0.361 e. The summed E-state index contributed by atoms with van der Waals surface area (Å²) in [6.45, 7) is 4.18. The summed E-state index contributed by atoms with van der Waals surface area (Å²) in [5, 5.41) is 4.03. The summed E-state index contributed by atoms with van der Waals surface area (Å²) < 4.78 is 75.4. The van der Waals surface area contributed by atoms with Crippen LogP contribution in [0.15, 0.2) is 34.9 Å². The van der Waals surface area contributed by atoms with Gasteiger partial charge in [0.15, 0.2) is 17.5 Å². The number of hydrogen-bond acceptors (Lipinski definition) is 6. The lowest BCUT2D eigenvalue weighted by atomic mass is 10.0. The lowest BCUT2D eigenvalue weighted by Gasteiger charge is -2.27. The minimum Gasteiger partial charge on any atom is -0.361 e. The fraction of sp³-hybridized carbons (Fsp3) is 0.370. The number of nitrogens with zero attached hydrogens (tertiary/aromatic N) is 5. The number of rotatable bonds is 5. The van der Waals surface area contributed by atoms with E-state index in [0.717, 1.165) is 35.0 Å². The van der Waals surface area contributed by atoms with Crippen molar-refractivity contribution in [3.8, 4) is 11.1 Å². The van der Waals surface area contributed by atoms with Crippen LogP contribution in [0.3, 0.4) is 0 Å². The molecule has 0 N–H and O–H groups in total. The van der Waals surface area contributed by atoms with Gasteiger partial charge in [-0.05, 0) is 44.4 Å². The van der Waals surface area contributed by atoms with E-state index in [1.807, 2.05) is 36.6 Å². The van der Waals surface area contributed by atoms with Crippen LogP contribution in [0.25, 0.3) is 22.2 Å². The summed E-state index contributed by atoms with van der Waals surface area (Å²) in [4.78, 5) is 19.2. The van der Waals surface area contributed by atoms with Crippen molar-refractivity contribution in [3.05, 3.63) is 65.1 Å². The van der Waals surface area contributed by atoms with Crippen molar-refractivity contribution in [1.82, 2.24) is 19.0 Å². The Hall–Kier alpha value is -3.71. The van der Waals surface area contributed by atoms with Crippen LogP contribution in [-0.4, -0.2) is 52.7 Å². The molecule has 2 unspecified atom stereocenters. The van der Waals surface area contributed by atoms with Gasteiger partial charge < -0.3 is 14.0 Å². The number of carbonyl (C=O) groups excluding carboxylic acids is 1. The van der Waals surface area contributed by atoms with Gasteiger partial charge in [-0.1, -0.05) is 11.2 Å². The third kappa shape index (κ3) is 4.27. The van der Waals surface area contributed by atoms with Gasteiger partial charge in [-0.3, -0.25) is 4.79 Å². The molecule has 2 aliphatic rings. The lowest BCUT2D eigenvalue weighted by Crippen LogP contribution is -2.31. The Morgan fingerprint density at radius 1 is 1.05 bits per heavy atom. The van der Waals surface area contributed by atoms with Crippen LogP contribution in [-0.2, 0) is 14.8 Å². The third-order valence-electron chi connectivity index (χ3n) is 7.76. The molecule has 6 rings (SSSR count). The van der Waals surface area contributed by atoms with Gasteiger partial charge in [0, 0.05) is 37.2 Å². The smallest absolute Gasteiger partial charge is 0.227 e. The van der Waals surface area contributed by atoms with Crippen molar-refractivity contribution < 1.29 is 30.9 Å². The molecule has 210 valence electrons. The molecule has 13 heteroatoms. The number of benzene rings is 2. The van der Waals surface area contributed by atoms with Gasteiger partial charge in [0.2, 0.25) is 15.9 Å². The lowest BCUT2D eigenvalue weighted by molar-refractivity contribution is -0.117. The summed E-state index contributed by atoms with van der Waals surface area (Å²) in [6, 6.07) is 6.27. The van der Waals surface area contributed by atoms with Crippen LogP contribution in [0.4, 0.5) is 18.9 Å². The monoisotopic (exact) mass is 573 g/mol. The van der Waals surface area contributed by atoms with E-state index >= 15 is 0 Å². The standard InChI is InChI=1S/C27H26F3N5O4S/c1-14-25(15(2)39-32-14)16-4-5-22-21(10-16)31-27(35(22)17-8-9-33(13-17)40(3,37)38)23-6-7-24(36)34(23)18-11-19(28)26(30)20(29)12-18/h4-5,10-12,17,23H,6-9,13H2,1-3H3. The second-order valence-electron chi connectivity index (χ2n) is 10.3. The van der Waals surface area contributed by atoms with Gasteiger partial charge in [-0.15, -0.1) is 0 Å². The first-order chi connectivity index (χ1) is 18.9. The molecule has 2 aromatic carbocycles. The number of sulfonamides is 1. The summed E-state index contributed by atoms with van der Waals surface area (Å²) in [5.74, 6) is -3.69. The zero-order valence-electron chi connectivity index (χ0n) is 22.0. The first-order valence-electron chi connectivity index (χ1n) is 12.8. The summed E-state index contributed by atoms with van der Waals surface area (Å²) in [5.41, 5.74) is 3.58. The molecule has 4 aromatic rings. The van der Waals surface area contributed by atoms with E-state index in [2.05, 4.69) is 5.16 Å². The highest BCUT2D eigenvalue weighted by atomic mass is 32.2. The van der Waals surface area contributed by atoms with Gasteiger partial charge in [0.25, 0.3) is 0 Å². The first kappa shape index (κ1) is 26.5. The highest BCUT2D eigenvalue weighted by Crippen LogP contribution is 2.42. The van der Waals surface area contributed by atoms with Crippen LogP contribution >= 0.6 is 0 Å². The molecule has 1 amide bonds. The second-order valence-corrected chi connectivity index (χ2v) is 12.3. The number of aromatic nitrogens is 3. The molecule has 9 nitrogen and oxygen atoms in total. The Kier molecular flexibility index (Phi) is 6.26. The van der Waals surface area contributed by atoms with Crippen molar-refractivity contribution in [1.29, 1.82) is 0 Å². The maximum Gasteiger partial charge on any atom is 0.227 e. The highest BCUT2D eigenvalue weighted by Gasteiger charge is 2.40. The zero-order chi connectivity index (χ0) is 28.5. The average molecular weight is 574 g/mol. The zero-order valence-corrected chi connectivity index (χ0v) is 22.8. The molecule has 0 bridgehead atoms. The normalized spacial score (nSPS) is 20.4. The average Bonchev–Trinajstić information content (AvgIpc) is 3.66. The second kappa shape index (κ2) is 9.44. The fourth-order valence-electron chi connectivity index (χ4n) is 5.94. The molecule has 40 heavy (non-hydrogen) atoms. The number of amides is 1. The molecule has 0 radical (unpaired) electrons. The van der Waals surface area contributed by atoms with Crippen LogP contribution in [0.5, 0.6) is 0 Å². The molecule has 2 saturated heterocycles. The van der Waals surface area contributed by atoms with Gasteiger partial charge in [-0.25, -0.2) is 30.9 Å². The van der Waals surface area contributed by atoms with E-state index < -0.39 is 33.5 Å². The van der Waals surface area contributed by atoms with E-state index in [-0.39, 0.29) is 30.6 Å². The molecule has 2 aliphatic heterocycles. The number of carbonyl (C=O) groups is 1. The van der Waals surface area contributed by atoms with Crippen LogP contribution in [0.1, 0.15) is 48.6 Å². The Morgan fingerprint density at radius 2 is 1.77 bits per heavy atom. The number of aryl methyl sites for hydroxylation is 2. The number of imidazole rings is 1. The molecular weight excluding hydrogens is 547 g/mol. The first-order valence-corrected chi connectivity index (χ1v) is 14.7. The summed E-state index contributed by atoms with van der Waals surface area (Å²) in [7, 11) is -3.43. The van der Waals surface area contributed by atoms with Crippen molar-refractivity contribution in [2.45, 2.75) is 45.2 Å². The predicted octanol–water partition coefficient (Wildman–Crippen LogP) is 4.80.